The standard InChI is InChI=1S/C13H19NO2/c1-2-13(12-6-4-3-5-7-12)14(8-10-15)9-11-16/h2-7,13,15-16H,1,8-11H2. The Bertz CT molecular complexity index is 294. The highest BCUT2D eigenvalue weighted by Crippen LogP contribution is 2.20. The molecule has 2 N–H and O–H groups in total. The molecule has 1 aromatic carbocycles. The fourth-order valence-electron chi connectivity index (χ4n) is 1.79. The number of hydrogen-bond donors (Lipinski definition) is 2. The minimum absolute atomic E-state index is 0.0421. The molecule has 0 aliphatic carbocycles. The van der Waals surface area contributed by atoms with Gasteiger partial charge in [-0.25, -0.2) is 0 Å². The lowest BCUT2D eigenvalue weighted by Crippen LogP contribution is -2.33. The molecule has 0 heterocycles. The van der Waals surface area contributed by atoms with E-state index in [1.165, 1.54) is 0 Å². The maximum absolute atomic E-state index is 9.00. The Balaban J connectivity index is 2.81. The van der Waals surface area contributed by atoms with Crippen molar-refractivity contribution in [3.8, 4) is 0 Å². The molecule has 88 valence electrons. The van der Waals surface area contributed by atoms with Crippen LogP contribution in [0, 0.1) is 0 Å². The van der Waals surface area contributed by atoms with E-state index in [0.717, 1.165) is 5.56 Å². The van der Waals surface area contributed by atoms with E-state index in [2.05, 4.69) is 6.58 Å². The molecule has 0 fully saturated rings. The molecule has 0 saturated heterocycles. The SMILES string of the molecule is C=CC(c1ccccc1)N(CCO)CCO. The van der Waals surface area contributed by atoms with Crippen molar-refractivity contribution < 1.29 is 10.2 Å². The van der Waals surface area contributed by atoms with Crippen LogP contribution >= 0.6 is 0 Å². The zero-order valence-electron chi connectivity index (χ0n) is 9.42. The first kappa shape index (κ1) is 12.9. The Kier molecular flexibility index (Phi) is 5.78. The van der Waals surface area contributed by atoms with Gasteiger partial charge in [-0.3, -0.25) is 4.90 Å². The number of aliphatic hydroxyl groups is 2. The lowest BCUT2D eigenvalue weighted by Gasteiger charge is -2.28. The monoisotopic (exact) mass is 221 g/mol. The minimum atomic E-state index is 0.0421. The molecule has 0 amide bonds. The Morgan fingerprint density at radius 3 is 2.12 bits per heavy atom. The molecule has 1 atom stereocenters. The molecule has 1 rings (SSSR count). The van der Waals surface area contributed by atoms with Crippen molar-refractivity contribution >= 4 is 0 Å². The van der Waals surface area contributed by atoms with Crippen LogP contribution in [0.3, 0.4) is 0 Å². The van der Waals surface area contributed by atoms with Crippen LogP contribution in [-0.2, 0) is 0 Å². The van der Waals surface area contributed by atoms with Crippen LogP contribution in [-0.4, -0.2) is 41.4 Å². The average molecular weight is 221 g/mol. The quantitative estimate of drug-likeness (QED) is 0.680. The largest absolute Gasteiger partial charge is 0.395 e. The summed E-state index contributed by atoms with van der Waals surface area (Å²) in [4.78, 5) is 2.00. The Morgan fingerprint density at radius 1 is 1.12 bits per heavy atom. The summed E-state index contributed by atoms with van der Waals surface area (Å²) in [7, 11) is 0. The van der Waals surface area contributed by atoms with E-state index in [-0.39, 0.29) is 19.3 Å². The van der Waals surface area contributed by atoms with Gasteiger partial charge in [0.2, 0.25) is 0 Å². The van der Waals surface area contributed by atoms with Crippen molar-refractivity contribution in [3.05, 3.63) is 48.6 Å². The van der Waals surface area contributed by atoms with Gasteiger partial charge >= 0.3 is 0 Å². The van der Waals surface area contributed by atoms with Gasteiger partial charge in [-0.05, 0) is 5.56 Å². The first-order valence-electron chi connectivity index (χ1n) is 5.46. The van der Waals surface area contributed by atoms with Crippen molar-refractivity contribution in [2.45, 2.75) is 6.04 Å². The van der Waals surface area contributed by atoms with Crippen molar-refractivity contribution in [2.24, 2.45) is 0 Å². The van der Waals surface area contributed by atoms with Gasteiger partial charge in [0, 0.05) is 13.1 Å². The summed E-state index contributed by atoms with van der Waals surface area (Å²) in [5, 5.41) is 18.0. The minimum Gasteiger partial charge on any atom is -0.395 e. The van der Waals surface area contributed by atoms with Crippen LogP contribution < -0.4 is 0 Å². The maximum Gasteiger partial charge on any atom is 0.0558 e. The second-order valence-corrected chi connectivity index (χ2v) is 3.57. The van der Waals surface area contributed by atoms with Gasteiger partial charge in [-0.15, -0.1) is 6.58 Å². The van der Waals surface area contributed by atoms with Gasteiger partial charge in [0.15, 0.2) is 0 Å². The third-order valence-corrected chi connectivity index (χ3v) is 2.53. The van der Waals surface area contributed by atoms with Crippen molar-refractivity contribution in [1.29, 1.82) is 0 Å². The second-order valence-electron chi connectivity index (χ2n) is 3.57. The highest BCUT2D eigenvalue weighted by molar-refractivity contribution is 5.22. The van der Waals surface area contributed by atoms with E-state index in [0.29, 0.717) is 13.1 Å². The zero-order chi connectivity index (χ0) is 11.8. The molecule has 0 bridgehead atoms. The van der Waals surface area contributed by atoms with E-state index in [1.54, 1.807) is 0 Å². The molecule has 1 unspecified atom stereocenters. The van der Waals surface area contributed by atoms with Crippen LogP contribution in [0.1, 0.15) is 11.6 Å². The first-order chi connectivity index (χ1) is 7.83. The van der Waals surface area contributed by atoms with Crippen LogP contribution in [0.4, 0.5) is 0 Å². The average Bonchev–Trinajstić information content (AvgIpc) is 2.32. The maximum atomic E-state index is 9.00. The molecule has 0 spiro atoms. The summed E-state index contributed by atoms with van der Waals surface area (Å²) in [6.07, 6.45) is 1.83. The molecular formula is C13H19NO2. The van der Waals surface area contributed by atoms with Gasteiger partial charge in [0.1, 0.15) is 0 Å². The summed E-state index contributed by atoms with van der Waals surface area (Å²) < 4.78 is 0. The lowest BCUT2D eigenvalue weighted by molar-refractivity contribution is 0.139. The summed E-state index contributed by atoms with van der Waals surface area (Å²) in [6, 6.07) is 10.00. The highest BCUT2D eigenvalue weighted by Gasteiger charge is 2.15. The topological polar surface area (TPSA) is 43.7 Å². The Labute approximate surface area is 96.6 Å². The number of rotatable bonds is 7. The Hall–Kier alpha value is -1.16. The molecule has 0 aliphatic heterocycles. The number of benzene rings is 1. The third kappa shape index (κ3) is 3.45. The van der Waals surface area contributed by atoms with Crippen LogP contribution in [0.25, 0.3) is 0 Å². The normalized spacial score (nSPS) is 12.7. The van der Waals surface area contributed by atoms with Gasteiger partial charge < -0.3 is 10.2 Å². The summed E-state index contributed by atoms with van der Waals surface area (Å²) in [5.74, 6) is 0. The van der Waals surface area contributed by atoms with Crippen LogP contribution in [0.15, 0.2) is 43.0 Å². The van der Waals surface area contributed by atoms with Crippen LogP contribution in [0.2, 0.25) is 0 Å². The molecule has 0 saturated carbocycles. The molecule has 16 heavy (non-hydrogen) atoms. The van der Waals surface area contributed by atoms with Crippen molar-refractivity contribution in [3.63, 3.8) is 0 Å². The first-order valence-corrected chi connectivity index (χ1v) is 5.46. The van der Waals surface area contributed by atoms with Gasteiger partial charge in [-0.1, -0.05) is 36.4 Å². The van der Waals surface area contributed by atoms with Gasteiger partial charge in [-0.2, -0.15) is 0 Å². The summed E-state index contributed by atoms with van der Waals surface area (Å²) >= 11 is 0. The zero-order valence-corrected chi connectivity index (χ0v) is 9.42. The summed E-state index contributed by atoms with van der Waals surface area (Å²) in [6.45, 7) is 5.05. The van der Waals surface area contributed by atoms with E-state index in [1.807, 2.05) is 41.3 Å². The van der Waals surface area contributed by atoms with E-state index >= 15 is 0 Å². The number of nitrogens with zero attached hydrogens (tertiary/aromatic N) is 1. The van der Waals surface area contributed by atoms with Crippen molar-refractivity contribution in [2.75, 3.05) is 26.3 Å². The fraction of sp³-hybridized carbons (Fsp3) is 0.385. The third-order valence-electron chi connectivity index (χ3n) is 2.53. The molecule has 0 aliphatic rings. The highest BCUT2D eigenvalue weighted by atomic mass is 16.3. The molecule has 3 nitrogen and oxygen atoms in total. The molecule has 3 heteroatoms. The smallest absolute Gasteiger partial charge is 0.0558 e. The van der Waals surface area contributed by atoms with E-state index in [4.69, 9.17) is 10.2 Å². The van der Waals surface area contributed by atoms with Gasteiger partial charge in [0.05, 0.1) is 19.3 Å². The van der Waals surface area contributed by atoms with E-state index in [9.17, 15) is 0 Å². The van der Waals surface area contributed by atoms with Gasteiger partial charge in [0.25, 0.3) is 0 Å². The predicted octanol–water partition coefficient (Wildman–Crippen LogP) is 1.20. The van der Waals surface area contributed by atoms with Crippen LogP contribution in [0.5, 0.6) is 0 Å². The lowest BCUT2D eigenvalue weighted by atomic mass is 10.1. The van der Waals surface area contributed by atoms with E-state index < -0.39 is 0 Å². The summed E-state index contributed by atoms with van der Waals surface area (Å²) in [5.41, 5.74) is 1.12. The molecule has 0 radical (unpaired) electrons. The second kappa shape index (κ2) is 7.17. The van der Waals surface area contributed by atoms with Crippen molar-refractivity contribution in [1.82, 2.24) is 4.90 Å². The number of aliphatic hydroxyl groups excluding tert-OH is 2. The number of hydrogen-bond acceptors (Lipinski definition) is 3. The molecule has 0 aromatic heterocycles. The predicted molar refractivity (Wildman–Crippen MR) is 65.1 cm³/mol. The fourth-order valence-corrected chi connectivity index (χ4v) is 1.79. The molecule has 1 aromatic rings. The Morgan fingerprint density at radius 2 is 1.69 bits per heavy atom. The molecular weight excluding hydrogens is 202 g/mol.